The standard InChI is InChI=1S/C11H16ClNO/c1-9(14)6-7-13-8-10-2-4-11(12)5-3-10/h2-5,9,13-14H,6-8H2,1H3/t9-/m1/s1. The first-order chi connectivity index (χ1) is 6.68. The second-order valence-corrected chi connectivity index (χ2v) is 3.88. The summed E-state index contributed by atoms with van der Waals surface area (Å²) in [5.74, 6) is 0. The van der Waals surface area contributed by atoms with E-state index in [4.69, 9.17) is 16.7 Å². The lowest BCUT2D eigenvalue weighted by Crippen LogP contribution is -2.18. The molecule has 0 spiro atoms. The van der Waals surface area contributed by atoms with Crippen molar-refractivity contribution in [3.8, 4) is 0 Å². The van der Waals surface area contributed by atoms with E-state index >= 15 is 0 Å². The van der Waals surface area contributed by atoms with Crippen LogP contribution < -0.4 is 5.32 Å². The molecule has 0 aromatic heterocycles. The van der Waals surface area contributed by atoms with Gasteiger partial charge in [-0.3, -0.25) is 0 Å². The van der Waals surface area contributed by atoms with Crippen LogP contribution in [0.2, 0.25) is 5.02 Å². The van der Waals surface area contributed by atoms with Crippen LogP contribution in [-0.4, -0.2) is 17.8 Å². The summed E-state index contributed by atoms with van der Waals surface area (Å²) in [5.41, 5.74) is 1.21. The van der Waals surface area contributed by atoms with E-state index in [1.165, 1.54) is 5.56 Å². The number of hydrogen-bond acceptors (Lipinski definition) is 2. The van der Waals surface area contributed by atoms with Gasteiger partial charge in [-0.2, -0.15) is 0 Å². The maximum Gasteiger partial charge on any atom is 0.0524 e. The predicted octanol–water partition coefficient (Wildman–Crippen LogP) is 2.20. The lowest BCUT2D eigenvalue weighted by atomic mass is 10.2. The first-order valence-corrected chi connectivity index (χ1v) is 5.19. The van der Waals surface area contributed by atoms with Gasteiger partial charge in [0, 0.05) is 11.6 Å². The molecule has 14 heavy (non-hydrogen) atoms. The molecule has 1 atom stereocenters. The highest BCUT2D eigenvalue weighted by Gasteiger charge is 1.95. The number of rotatable bonds is 5. The first kappa shape index (κ1) is 11.5. The Morgan fingerprint density at radius 1 is 1.36 bits per heavy atom. The third-order valence-electron chi connectivity index (χ3n) is 1.98. The zero-order valence-electron chi connectivity index (χ0n) is 8.33. The number of benzene rings is 1. The van der Waals surface area contributed by atoms with Gasteiger partial charge < -0.3 is 10.4 Å². The second-order valence-electron chi connectivity index (χ2n) is 3.44. The molecular formula is C11H16ClNO. The molecule has 0 radical (unpaired) electrons. The molecule has 2 N–H and O–H groups in total. The molecule has 0 unspecified atom stereocenters. The fourth-order valence-corrected chi connectivity index (χ4v) is 1.27. The number of aliphatic hydroxyl groups is 1. The minimum Gasteiger partial charge on any atom is -0.393 e. The fourth-order valence-electron chi connectivity index (χ4n) is 1.15. The Bertz CT molecular complexity index is 258. The van der Waals surface area contributed by atoms with Gasteiger partial charge in [-0.05, 0) is 37.6 Å². The molecule has 0 bridgehead atoms. The van der Waals surface area contributed by atoms with Crippen LogP contribution in [0, 0.1) is 0 Å². The van der Waals surface area contributed by atoms with Gasteiger partial charge >= 0.3 is 0 Å². The van der Waals surface area contributed by atoms with E-state index in [0.717, 1.165) is 24.5 Å². The Kier molecular flexibility index (Phi) is 4.94. The Morgan fingerprint density at radius 3 is 2.57 bits per heavy atom. The molecular weight excluding hydrogens is 198 g/mol. The zero-order chi connectivity index (χ0) is 10.4. The maximum absolute atomic E-state index is 9.03. The molecule has 0 saturated heterocycles. The quantitative estimate of drug-likeness (QED) is 0.736. The Balaban J connectivity index is 2.21. The summed E-state index contributed by atoms with van der Waals surface area (Å²) in [6.07, 6.45) is 0.556. The lowest BCUT2D eigenvalue weighted by Gasteiger charge is -2.06. The van der Waals surface area contributed by atoms with E-state index in [2.05, 4.69) is 5.32 Å². The molecule has 2 nitrogen and oxygen atoms in total. The molecule has 0 amide bonds. The number of hydrogen-bond donors (Lipinski definition) is 2. The van der Waals surface area contributed by atoms with Crippen molar-refractivity contribution in [3.63, 3.8) is 0 Å². The topological polar surface area (TPSA) is 32.3 Å². The minimum atomic E-state index is -0.229. The van der Waals surface area contributed by atoms with Crippen LogP contribution in [0.5, 0.6) is 0 Å². The first-order valence-electron chi connectivity index (χ1n) is 4.81. The SMILES string of the molecule is C[C@@H](O)CCNCc1ccc(Cl)cc1. The Labute approximate surface area is 89.9 Å². The van der Waals surface area contributed by atoms with Crippen molar-refractivity contribution < 1.29 is 5.11 Å². The van der Waals surface area contributed by atoms with Gasteiger partial charge in [0.1, 0.15) is 0 Å². The van der Waals surface area contributed by atoms with Gasteiger partial charge in [0.15, 0.2) is 0 Å². The molecule has 78 valence electrons. The molecule has 0 aliphatic carbocycles. The Hall–Kier alpha value is -0.570. The van der Waals surface area contributed by atoms with Gasteiger partial charge in [0.05, 0.1) is 6.10 Å². The van der Waals surface area contributed by atoms with Gasteiger partial charge in [0.25, 0.3) is 0 Å². The second kappa shape index (κ2) is 6.02. The van der Waals surface area contributed by atoms with Crippen LogP contribution in [0.4, 0.5) is 0 Å². The van der Waals surface area contributed by atoms with Crippen LogP contribution in [0.3, 0.4) is 0 Å². The summed E-state index contributed by atoms with van der Waals surface area (Å²) in [7, 11) is 0. The Morgan fingerprint density at radius 2 is 2.00 bits per heavy atom. The molecule has 0 saturated carbocycles. The highest BCUT2D eigenvalue weighted by Crippen LogP contribution is 2.08. The molecule has 0 aliphatic heterocycles. The van der Waals surface area contributed by atoms with Gasteiger partial charge in [-0.15, -0.1) is 0 Å². The van der Waals surface area contributed by atoms with E-state index < -0.39 is 0 Å². The summed E-state index contributed by atoms with van der Waals surface area (Å²) < 4.78 is 0. The zero-order valence-corrected chi connectivity index (χ0v) is 9.09. The van der Waals surface area contributed by atoms with Crippen molar-refractivity contribution in [3.05, 3.63) is 34.9 Å². The van der Waals surface area contributed by atoms with Gasteiger partial charge in [0.2, 0.25) is 0 Å². The van der Waals surface area contributed by atoms with E-state index in [1.807, 2.05) is 24.3 Å². The number of nitrogens with one attached hydrogen (secondary N) is 1. The van der Waals surface area contributed by atoms with Crippen LogP contribution >= 0.6 is 11.6 Å². The number of aliphatic hydroxyl groups excluding tert-OH is 1. The number of halogens is 1. The molecule has 1 aromatic carbocycles. The fraction of sp³-hybridized carbons (Fsp3) is 0.455. The van der Waals surface area contributed by atoms with Crippen LogP contribution in [0.25, 0.3) is 0 Å². The normalized spacial score (nSPS) is 12.8. The van der Waals surface area contributed by atoms with Gasteiger partial charge in [-0.1, -0.05) is 23.7 Å². The third kappa shape index (κ3) is 4.61. The van der Waals surface area contributed by atoms with E-state index in [-0.39, 0.29) is 6.10 Å². The summed E-state index contributed by atoms with van der Waals surface area (Å²) in [6.45, 7) is 3.45. The molecule has 0 heterocycles. The monoisotopic (exact) mass is 213 g/mol. The summed E-state index contributed by atoms with van der Waals surface area (Å²) in [6, 6.07) is 7.76. The highest BCUT2D eigenvalue weighted by molar-refractivity contribution is 6.30. The smallest absolute Gasteiger partial charge is 0.0524 e. The molecule has 0 fully saturated rings. The highest BCUT2D eigenvalue weighted by atomic mass is 35.5. The molecule has 0 aliphatic rings. The average molecular weight is 214 g/mol. The van der Waals surface area contributed by atoms with Crippen LogP contribution in [-0.2, 0) is 6.54 Å². The van der Waals surface area contributed by atoms with Crippen molar-refractivity contribution >= 4 is 11.6 Å². The molecule has 3 heteroatoms. The maximum atomic E-state index is 9.03. The minimum absolute atomic E-state index is 0.229. The average Bonchev–Trinajstić information content (AvgIpc) is 2.15. The van der Waals surface area contributed by atoms with Crippen molar-refractivity contribution in [1.82, 2.24) is 5.32 Å². The summed E-state index contributed by atoms with van der Waals surface area (Å²) in [4.78, 5) is 0. The molecule has 1 rings (SSSR count). The largest absolute Gasteiger partial charge is 0.393 e. The van der Waals surface area contributed by atoms with Gasteiger partial charge in [-0.25, -0.2) is 0 Å². The molecule has 1 aromatic rings. The summed E-state index contributed by atoms with van der Waals surface area (Å²) >= 11 is 5.76. The summed E-state index contributed by atoms with van der Waals surface area (Å²) in [5, 5.41) is 13.0. The van der Waals surface area contributed by atoms with Crippen LogP contribution in [0.1, 0.15) is 18.9 Å². The lowest BCUT2D eigenvalue weighted by molar-refractivity contribution is 0.183. The van der Waals surface area contributed by atoms with E-state index in [0.29, 0.717) is 0 Å². The van der Waals surface area contributed by atoms with Crippen molar-refractivity contribution in [2.75, 3.05) is 6.54 Å². The van der Waals surface area contributed by atoms with E-state index in [9.17, 15) is 0 Å². The van der Waals surface area contributed by atoms with Crippen LogP contribution in [0.15, 0.2) is 24.3 Å². The van der Waals surface area contributed by atoms with E-state index in [1.54, 1.807) is 6.92 Å². The van der Waals surface area contributed by atoms with Crippen molar-refractivity contribution in [2.45, 2.75) is 26.0 Å². The third-order valence-corrected chi connectivity index (χ3v) is 2.23. The van der Waals surface area contributed by atoms with Crippen molar-refractivity contribution in [2.24, 2.45) is 0 Å². The predicted molar refractivity (Wildman–Crippen MR) is 59.5 cm³/mol. The van der Waals surface area contributed by atoms with Crippen molar-refractivity contribution in [1.29, 1.82) is 0 Å².